The van der Waals surface area contributed by atoms with Gasteiger partial charge >= 0.3 is 0 Å². The quantitative estimate of drug-likeness (QED) is 0.610. The fraction of sp³-hybridized carbons (Fsp3) is 0.688. The Bertz CT molecular complexity index is 360. The van der Waals surface area contributed by atoms with E-state index in [0.29, 0.717) is 6.04 Å². The third kappa shape index (κ3) is 4.83. The molecule has 0 radical (unpaired) electrons. The molecule has 0 aromatic heterocycles. The van der Waals surface area contributed by atoms with Gasteiger partial charge in [0.15, 0.2) is 0 Å². The van der Waals surface area contributed by atoms with Crippen LogP contribution in [0.5, 0.6) is 0 Å². The van der Waals surface area contributed by atoms with E-state index < -0.39 is 0 Å². The Morgan fingerprint density at radius 1 is 1.53 bits per heavy atom. The molecule has 1 heterocycles. The molecule has 0 spiro atoms. The van der Waals surface area contributed by atoms with Crippen molar-refractivity contribution >= 4 is 5.91 Å². The van der Waals surface area contributed by atoms with Gasteiger partial charge in [-0.25, -0.2) is 0 Å². The van der Waals surface area contributed by atoms with Gasteiger partial charge in [0.1, 0.15) is 0 Å². The zero-order valence-corrected chi connectivity index (χ0v) is 12.0. The summed E-state index contributed by atoms with van der Waals surface area (Å²) in [5.41, 5.74) is 1.57. The van der Waals surface area contributed by atoms with Gasteiger partial charge in [0.2, 0.25) is 5.91 Å². The first-order chi connectivity index (χ1) is 9.25. The Kier molecular flexibility index (Phi) is 5.64. The second-order valence-electron chi connectivity index (χ2n) is 5.62. The zero-order chi connectivity index (χ0) is 13.5. The third-order valence-corrected chi connectivity index (χ3v) is 4.08. The average Bonchev–Trinajstić information content (AvgIpc) is 2.45. The summed E-state index contributed by atoms with van der Waals surface area (Å²) >= 11 is 0. The lowest BCUT2D eigenvalue weighted by molar-refractivity contribution is -0.118. The summed E-state index contributed by atoms with van der Waals surface area (Å²) < 4.78 is 0. The van der Waals surface area contributed by atoms with E-state index in [1.54, 1.807) is 12.5 Å². The van der Waals surface area contributed by atoms with Crippen LogP contribution in [0, 0.1) is 0 Å². The van der Waals surface area contributed by atoms with Gasteiger partial charge < -0.3 is 5.32 Å². The molecule has 0 saturated heterocycles. The fourth-order valence-corrected chi connectivity index (χ4v) is 2.93. The number of amides is 1. The monoisotopic (exact) mass is 262 g/mol. The van der Waals surface area contributed by atoms with Gasteiger partial charge in [-0.05, 0) is 38.5 Å². The molecule has 0 aromatic rings. The van der Waals surface area contributed by atoms with E-state index in [0.717, 1.165) is 25.9 Å². The summed E-state index contributed by atoms with van der Waals surface area (Å²) in [4.78, 5) is 13.4. The minimum Gasteiger partial charge on any atom is -0.356 e. The molecule has 2 aliphatic rings. The smallest absolute Gasteiger partial charge is 0.216 e. The number of nitrogens with one attached hydrogen (secondary N) is 1. The molecule has 0 bridgehead atoms. The maximum Gasteiger partial charge on any atom is 0.216 e. The fourth-order valence-electron chi connectivity index (χ4n) is 2.93. The standard InChI is InChI=1S/C16H26N2O/c1-14(19)17-11-5-6-15-9-12-18(13-10-15)16-7-3-2-4-8-16/h3,7,9,16H,2,4-6,8,10-13H2,1H3,(H,17,19)/t16-/m0/s1. The topological polar surface area (TPSA) is 32.3 Å². The van der Waals surface area contributed by atoms with Crippen LogP contribution in [0.1, 0.15) is 45.4 Å². The predicted octanol–water partition coefficient (Wildman–Crippen LogP) is 2.64. The average molecular weight is 262 g/mol. The summed E-state index contributed by atoms with van der Waals surface area (Å²) in [5, 5.41) is 2.86. The Hall–Kier alpha value is -1.09. The highest BCUT2D eigenvalue weighted by Crippen LogP contribution is 2.22. The number of hydrogen-bond acceptors (Lipinski definition) is 2. The molecule has 3 heteroatoms. The molecular weight excluding hydrogens is 236 g/mol. The predicted molar refractivity (Wildman–Crippen MR) is 79.0 cm³/mol. The molecule has 106 valence electrons. The molecule has 1 aliphatic carbocycles. The van der Waals surface area contributed by atoms with Crippen molar-refractivity contribution in [2.45, 2.75) is 51.5 Å². The lowest BCUT2D eigenvalue weighted by Gasteiger charge is -2.33. The molecule has 1 N–H and O–H groups in total. The largest absolute Gasteiger partial charge is 0.356 e. The van der Waals surface area contributed by atoms with E-state index in [1.165, 1.54) is 32.2 Å². The number of nitrogens with zero attached hydrogens (tertiary/aromatic N) is 1. The SMILES string of the molecule is CC(=O)NCCCC1=CCN([C@H]2C=CCCC2)CC1. The van der Waals surface area contributed by atoms with Crippen molar-refractivity contribution in [3.05, 3.63) is 23.8 Å². The second-order valence-corrected chi connectivity index (χ2v) is 5.62. The Balaban J connectivity index is 1.69. The van der Waals surface area contributed by atoms with Crippen LogP contribution < -0.4 is 5.32 Å². The van der Waals surface area contributed by atoms with Crippen molar-refractivity contribution in [2.75, 3.05) is 19.6 Å². The Morgan fingerprint density at radius 2 is 2.42 bits per heavy atom. The van der Waals surface area contributed by atoms with Crippen LogP contribution in [0.2, 0.25) is 0 Å². The highest BCUT2D eigenvalue weighted by molar-refractivity contribution is 5.72. The van der Waals surface area contributed by atoms with Crippen LogP contribution in [0.15, 0.2) is 23.8 Å². The number of rotatable bonds is 5. The van der Waals surface area contributed by atoms with Gasteiger partial charge in [0, 0.05) is 32.6 Å². The van der Waals surface area contributed by atoms with Crippen molar-refractivity contribution in [3.63, 3.8) is 0 Å². The summed E-state index contributed by atoms with van der Waals surface area (Å²) in [7, 11) is 0. The van der Waals surface area contributed by atoms with Gasteiger partial charge in [0.25, 0.3) is 0 Å². The van der Waals surface area contributed by atoms with Crippen LogP contribution in [0.4, 0.5) is 0 Å². The summed E-state index contributed by atoms with van der Waals surface area (Å²) in [6.07, 6.45) is 14.4. The molecule has 1 aliphatic heterocycles. The third-order valence-electron chi connectivity index (χ3n) is 4.08. The van der Waals surface area contributed by atoms with Crippen molar-refractivity contribution in [3.8, 4) is 0 Å². The maximum absolute atomic E-state index is 10.8. The Labute approximate surface area is 116 Å². The number of hydrogen-bond donors (Lipinski definition) is 1. The summed E-state index contributed by atoms with van der Waals surface area (Å²) in [6.45, 7) is 4.68. The first-order valence-corrected chi connectivity index (χ1v) is 7.59. The highest BCUT2D eigenvalue weighted by atomic mass is 16.1. The Morgan fingerprint density at radius 3 is 3.05 bits per heavy atom. The summed E-state index contributed by atoms with van der Waals surface area (Å²) in [5.74, 6) is 0.0767. The molecule has 19 heavy (non-hydrogen) atoms. The van der Waals surface area contributed by atoms with Crippen LogP contribution in [0.25, 0.3) is 0 Å². The van der Waals surface area contributed by atoms with E-state index in [1.807, 2.05) is 0 Å². The van der Waals surface area contributed by atoms with Crippen LogP contribution in [-0.4, -0.2) is 36.5 Å². The van der Waals surface area contributed by atoms with Crippen LogP contribution >= 0.6 is 0 Å². The van der Waals surface area contributed by atoms with Crippen LogP contribution in [0.3, 0.4) is 0 Å². The van der Waals surface area contributed by atoms with Crippen LogP contribution in [-0.2, 0) is 4.79 Å². The number of carbonyl (C=O) groups excluding carboxylic acids is 1. The second kappa shape index (κ2) is 7.49. The molecule has 2 rings (SSSR count). The number of allylic oxidation sites excluding steroid dienone is 1. The molecule has 3 nitrogen and oxygen atoms in total. The number of carbonyl (C=O) groups is 1. The van der Waals surface area contributed by atoms with Gasteiger partial charge in [-0.2, -0.15) is 0 Å². The lowest BCUT2D eigenvalue weighted by Crippen LogP contribution is -2.38. The minimum atomic E-state index is 0.0767. The summed E-state index contributed by atoms with van der Waals surface area (Å²) in [6, 6.07) is 0.672. The van der Waals surface area contributed by atoms with Crippen molar-refractivity contribution in [1.82, 2.24) is 10.2 Å². The van der Waals surface area contributed by atoms with E-state index in [2.05, 4.69) is 28.4 Å². The maximum atomic E-state index is 10.8. The van der Waals surface area contributed by atoms with Crippen molar-refractivity contribution in [2.24, 2.45) is 0 Å². The first-order valence-electron chi connectivity index (χ1n) is 7.59. The molecular formula is C16H26N2O. The minimum absolute atomic E-state index is 0.0767. The van der Waals surface area contributed by atoms with E-state index in [4.69, 9.17) is 0 Å². The normalized spacial score (nSPS) is 24.1. The van der Waals surface area contributed by atoms with E-state index >= 15 is 0 Å². The van der Waals surface area contributed by atoms with Crippen molar-refractivity contribution in [1.29, 1.82) is 0 Å². The van der Waals surface area contributed by atoms with E-state index in [9.17, 15) is 4.79 Å². The molecule has 0 unspecified atom stereocenters. The molecule has 0 saturated carbocycles. The molecule has 1 atom stereocenters. The van der Waals surface area contributed by atoms with Gasteiger partial charge in [-0.15, -0.1) is 0 Å². The zero-order valence-electron chi connectivity index (χ0n) is 12.0. The van der Waals surface area contributed by atoms with Crippen molar-refractivity contribution < 1.29 is 4.79 Å². The molecule has 0 fully saturated rings. The van der Waals surface area contributed by atoms with E-state index in [-0.39, 0.29) is 5.91 Å². The highest BCUT2D eigenvalue weighted by Gasteiger charge is 2.19. The van der Waals surface area contributed by atoms with Gasteiger partial charge in [-0.1, -0.05) is 23.8 Å². The van der Waals surface area contributed by atoms with Gasteiger partial charge in [-0.3, -0.25) is 9.69 Å². The molecule has 1 amide bonds. The molecule has 0 aromatic carbocycles. The first kappa shape index (κ1) is 14.3. The lowest BCUT2D eigenvalue weighted by atomic mass is 9.97. The van der Waals surface area contributed by atoms with Gasteiger partial charge in [0.05, 0.1) is 0 Å².